The summed E-state index contributed by atoms with van der Waals surface area (Å²) in [5, 5.41) is 43.9. The molecule has 0 saturated carbocycles. The van der Waals surface area contributed by atoms with Gasteiger partial charge >= 0.3 is 0 Å². The minimum atomic E-state index is -0.850. The number of aromatic hydroxyl groups is 2. The molecular formula is C42H72N10O9. The summed E-state index contributed by atoms with van der Waals surface area (Å²) in [5.41, 5.74) is 12.9. The highest BCUT2D eigenvalue weighted by Crippen LogP contribution is 2.37. The van der Waals surface area contributed by atoms with Crippen LogP contribution in [0.3, 0.4) is 0 Å². The topological polar surface area (TPSA) is 286 Å². The third-order valence-electron chi connectivity index (χ3n) is 10.5. The molecule has 0 heterocycles. The quantitative estimate of drug-likeness (QED) is 0.0126. The molecule has 3 atom stereocenters. The number of carbonyl (C=O) groups is 5. The molecule has 0 radical (unpaired) electrons. The number of phenolic OH excluding ortho intramolecular Hbond substituents is 2. The van der Waals surface area contributed by atoms with Gasteiger partial charge in [0.25, 0.3) is 5.69 Å². The van der Waals surface area contributed by atoms with Crippen LogP contribution < -0.4 is 21.7 Å². The molecule has 0 saturated heterocycles. The molecular weight excluding hydrogens is 789 g/mol. The van der Waals surface area contributed by atoms with Gasteiger partial charge in [0.05, 0.1) is 11.0 Å². The van der Waals surface area contributed by atoms with Crippen molar-refractivity contribution in [2.24, 2.45) is 39.4 Å². The monoisotopic (exact) mass is 861 g/mol. The number of amides is 5. The van der Waals surface area contributed by atoms with Crippen molar-refractivity contribution in [3.05, 3.63) is 38.3 Å². The van der Waals surface area contributed by atoms with E-state index in [0.717, 1.165) is 37.8 Å². The van der Waals surface area contributed by atoms with Crippen LogP contribution in [0.15, 0.2) is 17.2 Å². The van der Waals surface area contributed by atoms with Crippen molar-refractivity contribution in [1.29, 1.82) is 0 Å². The molecule has 0 fully saturated rings. The van der Waals surface area contributed by atoms with E-state index in [1.54, 1.807) is 11.9 Å². The van der Waals surface area contributed by atoms with Gasteiger partial charge in [-0.25, -0.2) is 0 Å². The lowest BCUT2D eigenvalue weighted by Crippen LogP contribution is -2.45. The van der Waals surface area contributed by atoms with Crippen molar-refractivity contribution < 1.29 is 39.1 Å². The van der Waals surface area contributed by atoms with Crippen LogP contribution in [0.25, 0.3) is 10.4 Å². The number of nitrogens with one attached hydrogen (secondary N) is 3. The number of nitro groups is 1. The molecule has 0 aromatic heterocycles. The molecule has 7 N–H and O–H groups in total. The van der Waals surface area contributed by atoms with Crippen LogP contribution in [0, 0.1) is 38.7 Å². The van der Waals surface area contributed by atoms with Gasteiger partial charge in [-0.2, -0.15) is 0 Å². The predicted octanol–water partition coefficient (Wildman–Crippen LogP) is 4.92. The maximum Gasteiger partial charge on any atom is 0.276 e. The molecule has 1 aromatic carbocycles. The van der Waals surface area contributed by atoms with E-state index in [1.807, 2.05) is 41.5 Å². The summed E-state index contributed by atoms with van der Waals surface area (Å²) in [6, 6.07) is 1.93. The molecule has 0 bridgehead atoms. The first kappa shape index (κ1) is 53.9. The fraction of sp³-hybridized carbons (Fsp3) is 0.738. The number of nitrogens with two attached hydrogens (primary N) is 1. The van der Waals surface area contributed by atoms with Gasteiger partial charge in [-0.05, 0) is 73.9 Å². The van der Waals surface area contributed by atoms with Crippen LogP contribution in [0.1, 0.15) is 112 Å². The summed E-state index contributed by atoms with van der Waals surface area (Å²) < 4.78 is 0. The first-order chi connectivity index (χ1) is 28.5. The molecule has 0 aliphatic carbocycles. The highest BCUT2D eigenvalue weighted by atomic mass is 16.6. The number of unbranched alkanes of at least 4 members (excludes halogenated alkanes) is 3. The predicted molar refractivity (Wildman–Crippen MR) is 233 cm³/mol. The zero-order valence-corrected chi connectivity index (χ0v) is 37.6. The summed E-state index contributed by atoms with van der Waals surface area (Å²) >= 11 is 0. The van der Waals surface area contributed by atoms with Crippen molar-refractivity contribution in [2.75, 3.05) is 59.4 Å². The average molecular weight is 861 g/mol. The number of likely N-dealkylation sites (N-methyl/N-ethyl adjacent to an activating group) is 1. The SMILES string of the molecule is CC(=O)N(C)CCN(CCNC(=O)C(CC(CC(C(=O)NCCCCCCN)C(C)(C)C)C(=O)NCCc1cc(O)c(O)cc1[N+](=O)[O-])CC(C)(C)C)C(=O)CCCN=[N+]=[N-]. The minimum Gasteiger partial charge on any atom is -0.504 e. The van der Waals surface area contributed by atoms with Gasteiger partial charge in [-0.15, -0.1) is 0 Å². The van der Waals surface area contributed by atoms with Crippen molar-refractivity contribution in [1.82, 2.24) is 25.8 Å². The molecule has 0 aliphatic rings. The smallest absolute Gasteiger partial charge is 0.276 e. The average Bonchev–Trinajstić information content (AvgIpc) is 3.16. The lowest BCUT2D eigenvalue weighted by Gasteiger charge is -2.34. The van der Waals surface area contributed by atoms with Gasteiger partial charge in [-0.3, -0.25) is 34.1 Å². The number of hydrogen-bond acceptors (Lipinski definition) is 11. The highest BCUT2D eigenvalue weighted by Gasteiger charge is 2.38. The van der Waals surface area contributed by atoms with Gasteiger partial charge in [0, 0.05) is 94.4 Å². The Balaban J connectivity index is 3.43. The van der Waals surface area contributed by atoms with Crippen LogP contribution in [0.2, 0.25) is 0 Å². The zero-order chi connectivity index (χ0) is 46.3. The minimum absolute atomic E-state index is 0.0508. The van der Waals surface area contributed by atoms with Crippen molar-refractivity contribution >= 4 is 35.2 Å². The van der Waals surface area contributed by atoms with Crippen molar-refractivity contribution in [3.8, 4) is 11.5 Å². The largest absolute Gasteiger partial charge is 0.504 e. The van der Waals surface area contributed by atoms with Crippen LogP contribution in [0.4, 0.5) is 5.69 Å². The Hall–Kier alpha value is -5.16. The van der Waals surface area contributed by atoms with Gasteiger partial charge in [0.15, 0.2) is 11.5 Å². The van der Waals surface area contributed by atoms with E-state index in [-0.39, 0.29) is 99.6 Å². The van der Waals surface area contributed by atoms with Crippen molar-refractivity contribution in [3.63, 3.8) is 0 Å². The third-order valence-corrected chi connectivity index (χ3v) is 10.5. The summed E-state index contributed by atoms with van der Waals surface area (Å²) in [7, 11) is 1.62. The second kappa shape index (κ2) is 26.9. The van der Waals surface area contributed by atoms with E-state index in [2.05, 4.69) is 26.0 Å². The second-order valence-corrected chi connectivity index (χ2v) is 18.0. The van der Waals surface area contributed by atoms with Crippen LogP contribution in [-0.2, 0) is 30.4 Å². The number of nitro benzene ring substituents is 1. The highest BCUT2D eigenvalue weighted by molar-refractivity contribution is 5.84. The van der Waals surface area contributed by atoms with Crippen LogP contribution in [-0.4, -0.2) is 114 Å². The van der Waals surface area contributed by atoms with E-state index in [1.165, 1.54) is 11.8 Å². The van der Waals surface area contributed by atoms with Gasteiger partial charge < -0.3 is 41.7 Å². The third kappa shape index (κ3) is 21.3. The first-order valence-electron chi connectivity index (χ1n) is 21.2. The Morgan fingerprint density at radius 3 is 2.05 bits per heavy atom. The molecule has 61 heavy (non-hydrogen) atoms. The Bertz CT molecular complexity index is 1650. The lowest BCUT2D eigenvalue weighted by molar-refractivity contribution is -0.385. The summed E-state index contributed by atoms with van der Waals surface area (Å²) in [4.78, 5) is 83.9. The fourth-order valence-corrected chi connectivity index (χ4v) is 6.97. The fourth-order valence-electron chi connectivity index (χ4n) is 6.97. The maximum absolute atomic E-state index is 14.2. The molecule has 19 nitrogen and oxygen atoms in total. The van der Waals surface area contributed by atoms with Crippen molar-refractivity contribution in [2.45, 2.75) is 113 Å². The van der Waals surface area contributed by atoms with Crippen LogP contribution >= 0.6 is 0 Å². The Morgan fingerprint density at radius 2 is 1.46 bits per heavy atom. The molecule has 5 amide bonds. The van der Waals surface area contributed by atoms with E-state index in [4.69, 9.17) is 11.3 Å². The molecule has 344 valence electrons. The number of carbonyl (C=O) groups excluding carboxylic acids is 5. The lowest BCUT2D eigenvalue weighted by atomic mass is 9.72. The van der Waals surface area contributed by atoms with E-state index in [9.17, 15) is 44.3 Å². The molecule has 1 rings (SSSR count). The first-order valence-corrected chi connectivity index (χ1v) is 21.2. The number of phenols is 2. The zero-order valence-electron chi connectivity index (χ0n) is 37.6. The van der Waals surface area contributed by atoms with E-state index < -0.39 is 51.2 Å². The number of rotatable bonds is 28. The number of hydrogen-bond donors (Lipinski definition) is 6. The van der Waals surface area contributed by atoms with Gasteiger partial charge in [0.1, 0.15) is 0 Å². The number of benzene rings is 1. The van der Waals surface area contributed by atoms with E-state index in [0.29, 0.717) is 25.9 Å². The molecule has 0 aliphatic heterocycles. The number of nitrogens with zero attached hydrogens (tertiary/aromatic N) is 6. The molecule has 19 heteroatoms. The molecule has 1 aromatic rings. The van der Waals surface area contributed by atoms with Crippen LogP contribution in [0.5, 0.6) is 11.5 Å². The molecule has 3 unspecified atom stereocenters. The second-order valence-electron chi connectivity index (χ2n) is 18.0. The Morgan fingerprint density at radius 1 is 0.852 bits per heavy atom. The molecule has 0 spiro atoms. The standard InChI is InChI=1S/C42H72N10O9/c1-29(53)50(8)22-23-51(37(56)14-13-18-48-49-44)21-20-47-39(58)32(28-41(2,3)4)24-31(25-33(42(5,6)7)40(59)45-17-12-10-9-11-16-43)38(57)46-19-15-30-26-35(54)36(55)27-34(30)52(60)61/h26-27,31-33,54-55H,9-25,28,43H2,1-8H3,(H,45,59)(H,46,57)(H,47,58). The maximum atomic E-state index is 14.2. The normalized spacial score (nSPS) is 12.9. The Labute approximate surface area is 360 Å². The number of azide groups is 1. The van der Waals surface area contributed by atoms with Gasteiger partial charge in [-0.1, -0.05) is 59.5 Å². The van der Waals surface area contributed by atoms with E-state index >= 15 is 0 Å². The summed E-state index contributed by atoms with van der Waals surface area (Å²) in [5.74, 6) is -4.76. The Kier molecular flexibility index (Phi) is 23.8. The summed E-state index contributed by atoms with van der Waals surface area (Å²) in [6.07, 6.45) is 4.46. The van der Waals surface area contributed by atoms with Gasteiger partial charge in [0.2, 0.25) is 29.5 Å². The summed E-state index contributed by atoms with van der Waals surface area (Å²) in [6.45, 7) is 14.9.